The minimum Gasteiger partial charge on any atom is -0.389 e. The fraction of sp³-hybridized carbons (Fsp3) is 0.357. The van der Waals surface area contributed by atoms with E-state index in [1.807, 2.05) is 6.92 Å². The summed E-state index contributed by atoms with van der Waals surface area (Å²) in [6, 6.07) is 4.99. The maximum atomic E-state index is 13.9. The number of thiazole rings is 1. The molecule has 0 spiro atoms. The second-order valence-electron chi connectivity index (χ2n) is 5.47. The molecule has 0 atom stereocenters. The van der Waals surface area contributed by atoms with Crippen LogP contribution in [0.1, 0.15) is 31.3 Å². The third kappa shape index (κ3) is 2.38. The van der Waals surface area contributed by atoms with Crippen molar-refractivity contribution in [3.63, 3.8) is 0 Å². The molecule has 0 aliphatic heterocycles. The molecule has 0 bridgehead atoms. The zero-order valence-corrected chi connectivity index (χ0v) is 11.9. The lowest BCUT2D eigenvalue weighted by Crippen LogP contribution is -2.10. The molecule has 96 valence electrons. The molecular formula is C14H17FN2S. The highest BCUT2D eigenvalue weighted by Crippen LogP contribution is 2.37. The van der Waals surface area contributed by atoms with Gasteiger partial charge >= 0.3 is 0 Å². The monoisotopic (exact) mass is 264 g/mol. The van der Waals surface area contributed by atoms with Crippen molar-refractivity contribution in [1.82, 2.24) is 4.98 Å². The predicted molar refractivity (Wildman–Crippen MR) is 75.4 cm³/mol. The summed E-state index contributed by atoms with van der Waals surface area (Å²) in [4.78, 5) is 4.51. The number of nitrogens with two attached hydrogens (primary N) is 1. The van der Waals surface area contributed by atoms with Crippen molar-refractivity contribution in [1.29, 1.82) is 0 Å². The van der Waals surface area contributed by atoms with Gasteiger partial charge in [0, 0.05) is 11.0 Å². The molecule has 2 nitrogen and oxygen atoms in total. The lowest BCUT2D eigenvalue weighted by molar-refractivity contribution is 0.585. The van der Waals surface area contributed by atoms with Crippen LogP contribution < -0.4 is 5.73 Å². The van der Waals surface area contributed by atoms with E-state index in [4.69, 9.17) is 5.73 Å². The van der Waals surface area contributed by atoms with E-state index in [1.165, 1.54) is 17.4 Å². The van der Waals surface area contributed by atoms with Gasteiger partial charge in [0.15, 0.2) is 0 Å². The summed E-state index contributed by atoms with van der Waals surface area (Å²) < 4.78 is 13.9. The lowest BCUT2D eigenvalue weighted by Gasteiger charge is -2.13. The zero-order chi connectivity index (χ0) is 13.5. The third-order valence-corrected chi connectivity index (χ3v) is 3.98. The Hall–Kier alpha value is -1.42. The maximum absolute atomic E-state index is 13.9. The Morgan fingerprint density at radius 2 is 1.94 bits per heavy atom. The normalized spacial score (nSPS) is 11.8. The summed E-state index contributed by atoms with van der Waals surface area (Å²) in [5.41, 5.74) is 7.95. The van der Waals surface area contributed by atoms with Crippen molar-refractivity contribution in [2.75, 3.05) is 5.73 Å². The summed E-state index contributed by atoms with van der Waals surface area (Å²) in [5, 5.41) is 1.50. The molecule has 2 rings (SSSR count). The van der Waals surface area contributed by atoms with Gasteiger partial charge in [-0.1, -0.05) is 32.4 Å². The van der Waals surface area contributed by atoms with Crippen molar-refractivity contribution in [2.45, 2.75) is 33.1 Å². The summed E-state index contributed by atoms with van der Waals surface area (Å²) in [6.45, 7) is 8.14. The number of hydrogen-bond acceptors (Lipinski definition) is 3. The van der Waals surface area contributed by atoms with Crippen molar-refractivity contribution in [3.05, 3.63) is 34.6 Å². The molecular weight excluding hydrogens is 247 g/mol. The molecule has 0 amide bonds. The molecule has 4 heteroatoms. The Balaban J connectivity index is 2.58. The number of anilines is 1. The molecule has 0 fully saturated rings. The number of nitrogen functional groups attached to an aromatic ring is 1. The van der Waals surface area contributed by atoms with Crippen molar-refractivity contribution in [3.8, 4) is 11.3 Å². The number of halogens is 1. The minimum absolute atomic E-state index is 0.0721. The molecule has 1 heterocycles. The molecule has 0 radical (unpaired) electrons. The molecule has 1 aromatic carbocycles. The van der Waals surface area contributed by atoms with Gasteiger partial charge in [-0.3, -0.25) is 0 Å². The maximum Gasteiger partial charge on any atom is 0.132 e. The second kappa shape index (κ2) is 4.35. The first-order chi connectivity index (χ1) is 8.29. The fourth-order valence-corrected chi connectivity index (χ4v) is 2.57. The van der Waals surface area contributed by atoms with Crippen LogP contribution in [0.25, 0.3) is 11.3 Å². The van der Waals surface area contributed by atoms with Crippen LogP contribution in [0.4, 0.5) is 9.39 Å². The average Bonchev–Trinajstić information content (AvgIpc) is 2.64. The van der Waals surface area contributed by atoms with Gasteiger partial charge in [0.2, 0.25) is 0 Å². The van der Waals surface area contributed by atoms with Crippen molar-refractivity contribution >= 4 is 16.3 Å². The number of nitrogens with zero attached hydrogens (tertiary/aromatic N) is 1. The number of hydrogen-bond donors (Lipinski definition) is 1. The average molecular weight is 264 g/mol. The number of benzene rings is 1. The molecule has 1 aromatic heterocycles. The largest absolute Gasteiger partial charge is 0.389 e. The Bertz CT molecular complexity index is 582. The van der Waals surface area contributed by atoms with E-state index in [0.717, 1.165) is 10.6 Å². The zero-order valence-electron chi connectivity index (χ0n) is 11.0. The van der Waals surface area contributed by atoms with E-state index in [0.29, 0.717) is 16.3 Å². The first-order valence-corrected chi connectivity index (χ1v) is 6.64. The van der Waals surface area contributed by atoms with Crippen LogP contribution in [0.3, 0.4) is 0 Å². The summed E-state index contributed by atoms with van der Waals surface area (Å²) in [6.07, 6.45) is 0. The van der Waals surface area contributed by atoms with Crippen LogP contribution in [-0.4, -0.2) is 4.98 Å². The van der Waals surface area contributed by atoms with Crippen LogP contribution in [0.2, 0.25) is 0 Å². The second-order valence-corrected chi connectivity index (χ2v) is 6.50. The first-order valence-electron chi connectivity index (χ1n) is 5.82. The van der Waals surface area contributed by atoms with Gasteiger partial charge < -0.3 is 5.73 Å². The predicted octanol–water partition coefficient (Wildman–Crippen LogP) is 4.14. The molecule has 2 N–H and O–H groups in total. The standard InChI is InChI=1S/C14H17FN2S/c1-8-5-6-10(15)9(7-8)11-12(16)18-13(17-11)14(2,3)4/h5-7H,16H2,1-4H3. The Kier molecular flexibility index (Phi) is 3.15. The lowest BCUT2D eigenvalue weighted by atomic mass is 9.98. The molecule has 0 saturated heterocycles. The quantitative estimate of drug-likeness (QED) is 0.840. The fourth-order valence-electron chi connectivity index (χ4n) is 1.67. The van der Waals surface area contributed by atoms with Gasteiger partial charge in [-0.05, 0) is 19.1 Å². The molecule has 0 saturated carbocycles. The number of aromatic nitrogens is 1. The van der Waals surface area contributed by atoms with Crippen molar-refractivity contribution < 1.29 is 4.39 Å². The van der Waals surface area contributed by atoms with Gasteiger partial charge in [0.25, 0.3) is 0 Å². The highest BCUT2D eigenvalue weighted by Gasteiger charge is 2.22. The van der Waals surface area contributed by atoms with E-state index in [-0.39, 0.29) is 11.2 Å². The van der Waals surface area contributed by atoms with E-state index in [1.54, 1.807) is 12.1 Å². The smallest absolute Gasteiger partial charge is 0.132 e. The summed E-state index contributed by atoms with van der Waals surface area (Å²) in [5.74, 6) is -0.280. The van der Waals surface area contributed by atoms with Gasteiger partial charge in [-0.25, -0.2) is 9.37 Å². The van der Waals surface area contributed by atoms with E-state index in [2.05, 4.69) is 25.8 Å². The molecule has 2 aromatic rings. The third-order valence-electron chi connectivity index (χ3n) is 2.67. The Labute approximate surface area is 111 Å². The molecule has 18 heavy (non-hydrogen) atoms. The highest BCUT2D eigenvalue weighted by molar-refractivity contribution is 7.16. The molecule has 0 aliphatic carbocycles. The van der Waals surface area contributed by atoms with Crippen LogP contribution >= 0.6 is 11.3 Å². The Morgan fingerprint density at radius 1 is 1.28 bits per heavy atom. The highest BCUT2D eigenvalue weighted by atomic mass is 32.1. The van der Waals surface area contributed by atoms with Gasteiger partial charge in [0.1, 0.15) is 21.5 Å². The van der Waals surface area contributed by atoms with E-state index < -0.39 is 0 Å². The topological polar surface area (TPSA) is 38.9 Å². The van der Waals surface area contributed by atoms with Crippen LogP contribution in [-0.2, 0) is 5.41 Å². The van der Waals surface area contributed by atoms with E-state index in [9.17, 15) is 4.39 Å². The number of aryl methyl sites for hydroxylation is 1. The van der Waals surface area contributed by atoms with Crippen LogP contribution in [0.15, 0.2) is 18.2 Å². The number of rotatable bonds is 1. The summed E-state index contributed by atoms with van der Waals surface area (Å²) in [7, 11) is 0. The first kappa shape index (κ1) is 13.0. The minimum atomic E-state index is -0.280. The molecule has 0 unspecified atom stereocenters. The van der Waals surface area contributed by atoms with Gasteiger partial charge in [-0.2, -0.15) is 0 Å². The molecule has 0 aliphatic rings. The Morgan fingerprint density at radius 3 is 2.50 bits per heavy atom. The van der Waals surface area contributed by atoms with Crippen LogP contribution in [0.5, 0.6) is 0 Å². The van der Waals surface area contributed by atoms with Gasteiger partial charge in [0.05, 0.1) is 0 Å². The van der Waals surface area contributed by atoms with E-state index >= 15 is 0 Å². The SMILES string of the molecule is Cc1ccc(F)c(-c2nc(C(C)(C)C)sc2N)c1. The van der Waals surface area contributed by atoms with Crippen molar-refractivity contribution in [2.24, 2.45) is 0 Å². The summed E-state index contributed by atoms with van der Waals surface area (Å²) >= 11 is 1.43. The van der Waals surface area contributed by atoms with Crippen LogP contribution in [0, 0.1) is 12.7 Å². The van der Waals surface area contributed by atoms with Gasteiger partial charge in [-0.15, -0.1) is 11.3 Å².